The number of allylic oxidation sites excluding steroid dienone is 1. The Hall–Kier alpha value is -0.0500. The average Bonchev–Trinajstić information content (AvgIpc) is 2.10. The SMILES string of the molecule is CCCCC/C=C/CC(N)CO.Cl. The van der Waals surface area contributed by atoms with Gasteiger partial charge in [0.1, 0.15) is 0 Å². The molecule has 0 saturated heterocycles. The van der Waals surface area contributed by atoms with Crippen LogP contribution >= 0.6 is 12.4 Å². The molecule has 0 aliphatic rings. The van der Waals surface area contributed by atoms with Gasteiger partial charge in [0.2, 0.25) is 0 Å². The van der Waals surface area contributed by atoms with E-state index in [0.717, 1.165) is 12.8 Å². The molecule has 0 amide bonds. The zero-order valence-electron chi connectivity index (χ0n) is 8.41. The van der Waals surface area contributed by atoms with Gasteiger partial charge in [-0.15, -0.1) is 12.4 Å². The molecule has 0 rings (SSSR count). The van der Waals surface area contributed by atoms with Gasteiger partial charge in [-0.2, -0.15) is 0 Å². The molecule has 0 bridgehead atoms. The first-order valence-corrected chi connectivity index (χ1v) is 4.82. The van der Waals surface area contributed by atoms with Gasteiger partial charge in [-0.05, 0) is 19.3 Å². The maximum Gasteiger partial charge on any atom is 0.0585 e. The Morgan fingerprint density at radius 1 is 1.31 bits per heavy atom. The third kappa shape index (κ3) is 12.0. The Bertz CT molecular complexity index is 117. The number of rotatable bonds is 7. The van der Waals surface area contributed by atoms with E-state index >= 15 is 0 Å². The van der Waals surface area contributed by atoms with Crippen LogP contribution in [-0.4, -0.2) is 17.8 Å². The van der Waals surface area contributed by atoms with Crippen LogP contribution in [0.5, 0.6) is 0 Å². The summed E-state index contributed by atoms with van der Waals surface area (Å²) >= 11 is 0. The molecule has 0 fully saturated rings. The Morgan fingerprint density at radius 3 is 2.54 bits per heavy atom. The van der Waals surface area contributed by atoms with E-state index in [1.54, 1.807) is 0 Å². The normalized spacial score (nSPS) is 12.8. The van der Waals surface area contributed by atoms with Gasteiger partial charge in [0.15, 0.2) is 0 Å². The maximum atomic E-state index is 8.62. The second kappa shape index (κ2) is 11.9. The molecule has 0 radical (unpaired) electrons. The first-order valence-electron chi connectivity index (χ1n) is 4.82. The van der Waals surface area contributed by atoms with Crippen LogP contribution in [0.4, 0.5) is 0 Å². The molecule has 0 aromatic heterocycles. The van der Waals surface area contributed by atoms with E-state index in [2.05, 4.69) is 19.1 Å². The summed E-state index contributed by atoms with van der Waals surface area (Å²) in [5.74, 6) is 0. The third-order valence-corrected chi connectivity index (χ3v) is 1.81. The lowest BCUT2D eigenvalue weighted by Crippen LogP contribution is -2.22. The quantitative estimate of drug-likeness (QED) is 0.497. The molecule has 0 aromatic rings. The molecule has 0 aliphatic heterocycles. The smallest absolute Gasteiger partial charge is 0.0585 e. The van der Waals surface area contributed by atoms with Crippen molar-refractivity contribution in [3.8, 4) is 0 Å². The molecular formula is C10H22ClNO. The monoisotopic (exact) mass is 207 g/mol. The van der Waals surface area contributed by atoms with Gasteiger partial charge in [0.25, 0.3) is 0 Å². The van der Waals surface area contributed by atoms with E-state index in [4.69, 9.17) is 10.8 Å². The van der Waals surface area contributed by atoms with Crippen molar-refractivity contribution >= 4 is 12.4 Å². The molecular weight excluding hydrogens is 186 g/mol. The number of aliphatic hydroxyl groups excluding tert-OH is 1. The van der Waals surface area contributed by atoms with Crippen LogP contribution in [-0.2, 0) is 0 Å². The zero-order valence-corrected chi connectivity index (χ0v) is 9.22. The van der Waals surface area contributed by atoms with Crippen molar-refractivity contribution in [2.24, 2.45) is 5.73 Å². The second-order valence-corrected chi connectivity index (χ2v) is 3.15. The lowest BCUT2D eigenvalue weighted by Gasteiger charge is -2.01. The van der Waals surface area contributed by atoms with Gasteiger partial charge in [0, 0.05) is 6.04 Å². The van der Waals surface area contributed by atoms with Crippen LogP contribution < -0.4 is 5.73 Å². The minimum absolute atomic E-state index is 0. The topological polar surface area (TPSA) is 46.2 Å². The summed E-state index contributed by atoms with van der Waals surface area (Å²) in [6.07, 6.45) is 10.00. The predicted octanol–water partition coefficient (Wildman–Crippen LogP) is 2.25. The van der Waals surface area contributed by atoms with Crippen molar-refractivity contribution in [2.45, 2.75) is 45.1 Å². The summed E-state index contributed by atoms with van der Waals surface area (Å²) in [7, 11) is 0. The molecule has 0 heterocycles. The van der Waals surface area contributed by atoms with Gasteiger partial charge < -0.3 is 10.8 Å². The van der Waals surface area contributed by atoms with Gasteiger partial charge in [-0.25, -0.2) is 0 Å². The van der Waals surface area contributed by atoms with Gasteiger partial charge in [-0.3, -0.25) is 0 Å². The Balaban J connectivity index is 0. The maximum absolute atomic E-state index is 8.62. The van der Waals surface area contributed by atoms with Crippen molar-refractivity contribution in [3.63, 3.8) is 0 Å². The van der Waals surface area contributed by atoms with E-state index < -0.39 is 0 Å². The molecule has 1 unspecified atom stereocenters. The van der Waals surface area contributed by atoms with Gasteiger partial charge >= 0.3 is 0 Å². The predicted molar refractivity (Wildman–Crippen MR) is 60.2 cm³/mol. The minimum atomic E-state index is -0.0765. The fourth-order valence-corrected chi connectivity index (χ4v) is 0.976. The Morgan fingerprint density at radius 2 is 2.00 bits per heavy atom. The van der Waals surface area contributed by atoms with Crippen molar-refractivity contribution in [1.29, 1.82) is 0 Å². The highest BCUT2D eigenvalue weighted by molar-refractivity contribution is 5.85. The lowest BCUT2D eigenvalue weighted by atomic mass is 10.1. The minimum Gasteiger partial charge on any atom is -0.395 e. The van der Waals surface area contributed by atoms with Gasteiger partial charge in [-0.1, -0.05) is 31.9 Å². The van der Waals surface area contributed by atoms with Crippen LogP contribution in [0.3, 0.4) is 0 Å². The summed E-state index contributed by atoms with van der Waals surface area (Å²) in [6, 6.07) is -0.0765. The van der Waals surface area contributed by atoms with Crippen LogP contribution in [0, 0.1) is 0 Å². The highest BCUT2D eigenvalue weighted by Crippen LogP contribution is 2.00. The summed E-state index contributed by atoms with van der Waals surface area (Å²) in [6.45, 7) is 2.28. The highest BCUT2D eigenvalue weighted by atomic mass is 35.5. The first-order chi connectivity index (χ1) is 5.81. The second-order valence-electron chi connectivity index (χ2n) is 3.15. The molecule has 13 heavy (non-hydrogen) atoms. The van der Waals surface area contributed by atoms with Crippen LogP contribution in [0.25, 0.3) is 0 Å². The summed E-state index contributed by atoms with van der Waals surface area (Å²) in [5.41, 5.74) is 5.51. The van der Waals surface area contributed by atoms with Crippen LogP contribution in [0.2, 0.25) is 0 Å². The zero-order chi connectivity index (χ0) is 9.23. The molecule has 1 atom stereocenters. The molecule has 80 valence electrons. The van der Waals surface area contributed by atoms with E-state index in [1.165, 1.54) is 19.3 Å². The number of hydrogen-bond donors (Lipinski definition) is 2. The number of aliphatic hydroxyl groups is 1. The van der Waals surface area contributed by atoms with E-state index in [1.807, 2.05) is 0 Å². The molecule has 3 N–H and O–H groups in total. The molecule has 3 heteroatoms. The number of halogens is 1. The summed E-state index contributed by atoms with van der Waals surface area (Å²) < 4.78 is 0. The average molecular weight is 208 g/mol. The molecule has 0 spiro atoms. The summed E-state index contributed by atoms with van der Waals surface area (Å²) in [4.78, 5) is 0. The lowest BCUT2D eigenvalue weighted by molar-refractivity contribution is 0.266. The summed E-state index contributed by atoms with van der Waals surface area (Å²) in [5, 5.41) is 8.62. The molecule has 0 aliphatic carbocycles. The fraction of sp³-hybridized carbons (Fsp3) is 0.800. The Kier molecular flexibility index (Phi) is 14.2. The van der Waals surface area contributed by atoms with E-state index in [0.29, 0.717) is 0 Å². The van der Waals surface area contributed by atoms with Crippen LogP contribution in [0.15, 0.2) is 12.2 Å². The fourth-order valence-electron chi connectivity index (χ4n) is 0.976. The largest absolute Gasteiger partial charge is 0.395 e. The molecule has 0 saturated carbocycles. The van der Waals surface area contributed by atoms with Crippen molar-refractivity contribution in [1.82, 2.24) is 0 Å². The van der Waals surface area contributed by atoms with Crippen molar-refractivity contribution in [2.75, 3.05) is 6.61 Å². The number of unbranched alkanes of at least 4 members (excludes halogenated alkanes) is 3. The number of nitrogens with two attached hydrogens (primary N) is 1. The van der Waals surface area contributed by atoms with E-state index in [9.17, 15) is 0 Å². The first kappa shape index (κ1) is 15.4. The molecule has 0 aromatic carbocycles. The van der Waals surface area contributed by atoms with Gasteiger partial charge in [0.05, 0.1) is 6.61 Å². The standard InChI is InChI=1S/C10H21NO.ClH/c1-2-3-4-5-6-7-8-10(11)9-12;/h6-7,10,12H,2-5,8-9,11H2,1H3;1H/b7-6+;. The van der Waals surface area contributed by atoms with Crippen molar-refractivity contribution < 1.29 is 5.11 Å². The highest BCUT2D eigenvalue weighted by Gasteiger charge is 1.93. The van der Waals surface area contributed by atoms with Crippen molar-refractivity contribution in [3.05, 3.63) is 12.2 Å². The number of hydrogen-bond acceptors (Lipinski definition) is 2. The van der Waals surface area contributed by atoms with Crippen LogP contribution in [0.1, 0.15) is 39.0 Å². The third-order valence-electron chi connectivity index (χ3n) is 1.81. The van der Waals surface area contributed by atoms with E-state index in [-0.39, 0.29) is 25.1 Å². The Labute approximate surface area is 87.6 Å². The molecule has 2 nitrogen and oxygen atoms in total.